The normalized spacial score (nSPS) is 32.7. The first-order valence-corrected chi connectivity index (χ1v) is 31.8. The molecule has 3 aromatic heterocycles. The molecule has 11 N–H and O–H groups in total. The summed E-state index contributed by atoms with van der Waals surface area (Å²) in [6, 6.07) is 3.67. The topological polar surface area (TPSA) is 372 Å². The van der Waals surface area contributed by atoms with E-state index in [-0.39, 0.29) is 52.1 Å². The highest BCUT2D eigenvalue weighted by atomic mass is 31.3. The van der Waals surface area contributed by atoms with Crippen molar-refractivity contribution < 1.29 is 67.3 Å². The highest BCUT2D eigenvalue weighted by Gasteiger charge is 2.62. The molecule has 4 aromatic rings. The molecular weight excluding hydrogens is 1100 g/mol. The van der Waals surface area contributed by atoms with Crippen LogP contribution < -0.4 is 26.8 Å². The zero-order valence-corrected chi connectivity index (χ0v) is 49.3. The van der Waals surface area contributed by atoms with E-state index in [2.05, 4.69) is 63.8 Å². The van der Waals surface area contributed by atoms with Gasteiger partial charge in [-0.2, -0.15) is 4.31 Å². The van der Waals surface area contributed by atoms with Crippen molar-refractivity contribution in [2.24, 2.45) is 58.2 Å². The number of hydrogen-bond donors (Lipinski definition) is 10. The first-order valence-electron chi connectivity index (χ1n) is 28.8. The minimum absolute atomic E-state index is 0.00184. The number of Topliss-reactive ketones (excluding diaryl/α,β-unsaturated/α-hetero) is 1. The van der Waals surface area contributed by atoms with Gasteiger partial charge in [-0.25, -0.2) is 28.9 Å². The summed E-state index contributed by atoms with van der Waals surface area (Å²) in [4.78, 5) is 83.0. The Morgan fingerprint density at radius 2 is 1.55 bits per heavy atom. The molecule has 0 radical (unpaired) electrons. The predicted octanol–water partition coefficient (Wildman–Crippen LogP) is 5.56. The summed E-state index contributed by atoms with van der Waals surface area (Å²) in [6.07, 6.45) is 1.83. The van der Waals surface area contributed by atoms with Crippen molar-refractivity contribution in [3.8, 4) is 0 Å². The van der Waals surface area contributed by atoms with Crippen molar-refractivity contribution in [1.29, 1.82) is 0 Å². The number of aliphatic hydroxyl groups excluding tert-OH is 5. The molecule has 1 saturated heterocycles. The Morgan fingerprint density at radius 3 is 2.27 bits per heavy atom. The third-order valence-electron chi connectivity index (χ3n) is 20.0. The molecule has 6 aliphatic rings. The maximum Gasteiger partial charge on any atom is 0.481 e. The number of fused-ring (bicyclic) bond motifs is 8. The average molecular weight is 1190 g/mol. The number of β-amino-alcohol motifs (C(OH)–C–C–N with tert-alkyl or cyclic N) is 1. The molecule has 18 atom stereocenters. The van der Waals surface area contributed by atoms with E-state index in [0.717, 1.165) is 36.7 Å². The standard InChI is InChI=1S/C55H81N9O16P2/c1-27(2)9-8-10-28(3)34-13-14-35-33-12-11-32-19-39(65)31(20-55(32,7)36(33)15-16-54(34,35)6)21-62-37-17-29(4)30(5)18-38(37)63(50-44(62)51(71)61-53(72)60-50)22-40(66)45(68)41(67)23-77-81(73,74)80-82(75,76)78-24-42-46(69)47(70)52(79-42)64-26-59-43-48(56)57-25-58-49(43)64/h17-18,25-28,31-36,40-42,45-47,52,66-70H,8-16,19-24H2,1-7H3,(H,73,74)(H,75,76)(H2,56,57,58)(H2,60,61,71,72)/t28-,31+,32+,33+,34-,35+,36+,40+,41-,42-,45+,46-,47-,52-,54-,55+/m1/s1. The monoisotopic (exact) mass is 1190 g/mol. The number of nitrogens with zero attached hydrogens (tertiary/aromatic N) is 6. The van der Waals surface area contributed by atoms with Crippen LogP contribution in [0.25, 0.3) is 11.2 Å². The summed E-state index contributed by atoms with van der Waals surface area (Å²) in [5.74, 6) is 3.70. The van der Waals surface area contributed by atoms with E-state index in [4.69, 9.17) is 19.5 Å². The molecule has 2 unspecified atom stereocenters. The average Bonchev–Trinajstić information content (AvgIpc) is 3.42. The SMILES string of the molecule is Cc1cc2c(cc1C)N(C[C@@H]1C[C@@]3(C)[C@@H](CC[C@@H]4[C@@H]3CC[C@]3(C)[C@@H]([C@H](C)CCCC(C)C)CC[C@@H]43)CC1=O)c1c([nH]c(=O)[nH]c1=O)N2C[C@H](O)[C@H](O)[C@H](O)COP(=O)(O)OP(=O)(O)OC[C@H]1O[C@@H](n2cnc3c(N)ncnc32)[C@H](O)[C@@H]1O. The van der Waals surface area contributed by atoms with Gasteiger partial charge in [0.15, 0.2) is 17.7 Å². The number of aromatic amines is 2. The number of aromatic nitrogens is 6. The molecule has 0 amide bonds. The zero-order valence-electron chi connectivity index (χ0n) is 47.5. The first-order chi connectivity index (χ1) is 38.6. The number of nitrogens with one attached hydrogen (secondary N) is 2. The highest BCUT2D eigenvalue weighted by molar-refractivity contribution is 7.61. The first kappa shape index (κ1) is 60.7. The number of benzene rings is 1. The van der Waals surface area contributed by atoms with Gasteiger partial charge < -0.3 is 55.6 Å². The van der Waals surface area contributed by atoms with Crippen LogP contribution in [0.15, 0.2) is 34.4 Å². The molecule has 0 bridgehead atoms. The molecule has 82 heavy (non-hydrogen) atoms. The number of ether oxygens (including phenoxy) is 1. The predicted molar refractivity (Wildman–Crippen MR) is 301 cm³/mol. The maximum atomic E-state index is 14.5. The van der Waals surface area contributed by atoms with Gasteiger partial charge in [0, 0.05) is 18.9 Å². The summed E-state index contributed by atoms with van der Waals surface area (Å²) in [7, 11) is -11.2. The second-order valence-corrected chi connectivity index (χ2v) is 28.4. The number of imidazole rings is 1. The second-order valence-electron chi connectivity index (χ2n) is 25.4. The van der Waals surface area contributed by atoms with Crippen molar-refractivity contribution in [2.45, 2.75) is 162 Å². The number of anilines is 5. The van der Waals surface area contributed by atoms with Crippen LogP contribution in [0.1, 0.15) is 123 Å². The van der Waals surface area contributed by atoms with Crippen LogP contribution in [0.2, 0.25) is 0 Å². The number of H-pyrrole nitrogens is 2. The lowest BCUT2D eigenvalue weighted by molar-refractivity contribution is -0.147. The quantitative estimate of drug-likeness (QED) is 0.0484. The molecular formula is C55H81N9O16P2. The number of aliphatic hydroxyl groups is 5. The number of phosphoric acid groups is 2. The van der Waals surface area contributed by atoms with Crippen LogP contribution in [-0.4, -0.2) is 134 Å². The van der Waals surface area contributed by atoms with Crippen LogP contribution in [-0.2, 0) is 32.0 Å². The molecule has 0 spiro atoms. The van der Waals surface area contributed by atoms with Crippen LogP contribution in [0.4, 0.5) is 28.7 Å². The number of carbonyl (C=O) groups excluding carboxylic acids is 1. The molecule has 27 heteroatoms. The number of nitrogens with two attached hydrogens (primary N) is 1. The van der Waals surface area contributed by atoms with Crippen LogP contribution in [0.5, 0.6) is 0 Å². The molecule has 10 rings (SSSR count). The van der Waals surface area contributed by atoms with E-state index in [1.54, 1.807) is 11.0 Å². The van der Waals surface area contributed by atoms with Gasteiger partial charge in [0.05, 0.1) is 37.5 Å². The number of nitrogen functional groups attached to an aromatic ring is 1. The van der Waals surface area contributed by atoms with Crippen LogP contribution >= 0.6 is 15.6 Å². The Kier molecular flexibility index (Phi) is 17.1. The van der Waals surface area contributed by atoms with Gasteiger partial charge in [0.1, 0.15) is 65.8 Å². The van der Waals surface area contributed by atoms with Crippen LogP contribution in [0, 0.1) is 72.0 Å². The van der Waals surface area contributed by atoms with Crippen molar-refractivity contribution in [1.82, 2.24) is 29.5 Å². The Balaban J connectivity index is 0.803. The van der Waals surface area contributed by atoms with Gasteiger partial charge in [-0.05, 0) is 134 Å². The van der Waals surface area contributed by atoms with Crippen molar-refractivity contribution in [2.75, 3.05) is 41.8 Å². The molecule has 25 nitrogen and oxygen atoms in total. The van der Waals surface area contributed by atoms with Crippen LogP contribution in [0.3, 0.4) is 0 Å². The van der Waals surface area contributed by atoms with E-state index in [0.29, 0.717) is 65.1 Å². The number of phosphoric ester groups is 2. The highest BCUT2D eigenvalue weighted by Crippen LogP contribution is 2.69. The third kappa shape index (κ3) is 11.4. The van der Waals surface area contributed by atoms with Crippen molar-refractivity contribution in [3.63, 3.8) is 0 Å². The second kappa shape index (κ2) is 23.1. The van der Waals surface area contributed by atoms with E-state index in [1.165, 1.54) is 54.3 Å². The Bertz CT molecular complexity index is 3250. The molecule has 5 fully saturated rings. The van der Waals surface area contributed by atoms with Crippen molar-refractivity contribution >= 4 is 61.3 Å². The largest absolute Gasteiger partial charge is 0.481 e. The number of ketones is 1. The van der Waals surface area contributed by atoms with Gasteiger partial charge in [-0.1, -0.05) is 53.9 Å². The smallest absolute Gasteiger partial charge is 0.388 e. The molecule has 1 aromatic carbocycles. The van der Waals surface area contributed by atoms with Gasteiger partial charge >= 0.3 is 21.3 Å². The number of aryl methyl sites for hydroxylation is 2. The summed E-state index contributed by atoms with van der Waals surface area (Å²) in [5.41, 5.74) is 7.26. The van der Waals surface area contributed by atoms with E-state index in [9.17, 15) is 58.8 Å². The fourth-order valence-corrected chi connectivity index (χ4v) is 17.8. The Hall–Kier alpha value is -4.46. The molecule has 4 saturated carbocycles. The molecule has 2 aliphatic heterocycles. The lowest BCUT2D eigenvalue weighted by atomic mass is 9.43. The Labute approximate surface area is 475 Å². The van der Waals surface area contributed by atoms with E-state index in [1.807, 2.05) is 19.9 Å². The lowest BCUT2D eigenvalue weighted by Gasteiger charge is -2.61. The van der Waals surface area contributed by atoms with Gasteiger partial charge in [0.25, 0.3) is 5.56 Å². The number of rotatable bonds is 20. The molecule has 5 heterocycles. The molecule has 4 aliphatic carbocycles. The number of hydrogen-bond acceptors (Lipinski definition) is 20. The maximum absolute atomic E-state index is 14.5. The lowest BCUT2D eigenvalue weighted by Crippen LogP contribution is -2.56. The Morgan fingerprint density at radius 1 is 0.854 bits per heavy atom. The van der Waals surface area contributed by atoms with E-state index < -0.39 is 95.4 Å². The minimum Gasteiger partial charge on any atom is -0.388 e. The third-order valence-corrected chi connectivity index (χ3v) is 22.6. The fraction of sp³-hybridized carbons (Fsp3) is 0.709. The number of carbonyl (C=O) groups is 1. The van der Waals surface area contributed by atoms with Gasteiger partial charge in [-0.15, -0.1) is 0 Å². The zero-order chi connectivity index (χ0) is 59.1. The minimum atomic E-state index is -5.62. The van der Waals surface area contributed by atoms with Crippen molar-refractivity contribution in [3.05, 3.63) is 56.8 Å². The summed E-state index contributed by atoms with van der Waals surface area (Å²) < 4.78 is 46.8. The molecule has 452 valence electrons. The van der Waals surface area contributed by atoms with Gasteiger partial charge in [-0.3, -0.25) is 33.2 Å². The summed E-state index contributed by atoms with van der Waals surface area (Å²) in [5, 5.41) is 55.4. The van der Waals surface area contributed by atoms with E-state index >= 15 is 0 Å². The summed E-state index contributed by atoms with van der Waals surface area (Å²) in [6.45, 7) is 13.2. The summed E-state index contributed by atoms with van der Waals surface area (Å²) >= 11 is 0. The fourth-order valence-electron chi connectivity index (χ4n) is 15.7. The van der Waals surface area contributed by atoms with Gasteiger partial charge in [0.2, 0.25) is 0 Å².